The first kappa shape index (κ1) is 20.7. The maximum absolute atomic E-state index is 13.3. The number of halogens is 3. The molecule has 0 atom stereocenters. The number of methoxy groups -OCH3 is 2. The Morgan fingerprint density at radius 3 is 2.34 bits per heavy atom. The van der Waals surface area contributed by atoms with Crippen LogP contribution < -0.4 is 14.8 Å². The van der Waals surface area contributed by atoms with Crippen LogP contribution in [0.15, 0.2) is 30.3 Å². The van der Waals surface area contributed by atoms with E-state index in [4.69, 9.17) is 9.47 Å². The van der Waals surface area contributed by atoms with Crippen molar-refractivity contribution in [3.63, 3.8) is 0 Å². The zero-order chi connectivity index (χ0) is 21.2. The fraction of sp³-hybridized carbons (Fsp3) is 0.333. The van der Waals surface area contributed by atoms with Crippen LogP contribution in [0, 0.1) is 13.8 Å². The smallest absolute Gasteiger partial charge is 0.451 e. The lowest BCUT2D eigenvalue weighted by molar-refractivity contribution is -0.144. The van der Waals surface area contributed by atoms with Gasteiger partial charge in [-0.05, 0) is 55.2 Å². The topological polar surface area (TPSA) is 56.3 Å². The lowest BCUT2D eigenvalue weighted by Crippen LogP contribution is -2.15. The van der Waals surface area contributed by atoms with Gasteiger partial charge in [-0.25, -0.2) is 9.97 Å². The van der Waals surface area contributed by atoms with Crippen molar-refractivity contribution < 1.29 is 22.6 Å². The Morgan fingerprint density at radius 2 is 1.69 bits per heavy atom. The summed E-state index contributed by atoms with van der Waals surface area (Å²) in [5.41, 5.74) is 2.86. The van der Waals surface area contributed by atoms with E-state index in [0.29, 0.717) is 40.9 Å². The summed E-state index contributed by atoms with van der Waals surface area (Å²) in [6, 6.07) is 9.12. The van der Waals surface area contributed by atoms with E-state index in [9.17, 15) is 13.2 Å². The van der Waals surface area contributed by atoms with Gasteiger partial charge in [0.15, 0.2) is 11.5 Å². The summed E-state index contributed by atoms with van der Waals surface area (Å²) in [4.78, 5) is 7.50. The molecular formula is C21H22F3N3O2. The highest BCUT2D eigenvalue weighted by molar-refractivity contribution is 5.91. The molecular weight excluding hydrogens is 383 g/mol. The molecule has 1 heterocycles. The summed E-state index contributed by atoms with van der Waals surface area (Å²) in [5, 5.41) is 3.62. The highest BCUT2D eigenvalue weighted by atomic mass is 19.4. The van der Waals surface area contributed by atoms with E-state index in [0.717, 1.165) is 11.1 Å². The highest BCUT2D eigenvalue weighted by Gasteiger charge is 2.35. The molecule has 154 valence electrons. The van der Waals surface area contributed by atoms with Gasteiger partial charge in [-0.3, -0.25) is 0 Å². The van der Waals surface area contributed by atoms with Gasteiger partial charge in [-0.2, -0.15) is 13.2 Å². The number of hydrogen-bond acceptors (Lipinski definition) is 5. The predicted octanol–water partition coefficient (Wildman–Crippen LogP) is 4.94. The third-order valence-corrected chi connectivity index (χ3v) is 4.54. The van der Waals surface area contributed by atoms with Gasteiger partial charge in [0.05, 0.1) is 19.7 Å². The van der Waals surface area contributed by atoms with Crippen LogP contribution in [0.25, 0.3) is 10.9 Å². The molecule has 0 fully saturated rings. The molecule has 0 bridgehead atoms. The Bertz CT molecular complexity index is 1040. The SMILES string of the molecule is COc1ccc(CCNc2nc(C(F)(F)F)nc3c(C)cc(C)cc23)cc1OC. The van der Waals surface area contributed by atoms with Crippen molar-refractivity contribution >= 4 is 16.7 Å². The molecule has 3 aromatic rings. The molecule has 2 aromatic carbocycles. The molecule has 0 aliphatic heterocycles. The third-order valence-electron chi connectivity index (χ3n) is 4.54. The van der Waals surface area contributed by atoms with Crippen molar-refractivity contribution in [3.05, 3.63) is 52.8 Å². The minimum atomic E-state index is -4.62. The van der Waals surface area contributed by atoms with Crippen molar-refractivity contribution in [2.45, 2.75) is 26.4 Å². The van der Waals surface area contributed by atoms with Crippen LogP contribution in [0.4, 0.5) is 19.0 Å². The Balaban J connectivity index is 1.89. The minimum Gasteiger partial charge on any atom is -0.493 e. The highest BCUT2D eigenvalue weighted by Crippen LogP contribution is 2.32. The number of ether oxygens (including phenoxy) is 2. The average molecular weight is 405 g/mol. The van der Waals surface area contributed by atoms with Crippen molar-refractivity contribution in [2.24, 2.45) is 0 Å². The van der Waals surface area contributed by atoms with Crippen LogP contribution >= 0.6 is 0 Å². The third kappa shape index (κ3) is 4.52. The molecule has 0 spiro atoms. The summed E-state index contributed by atoms with van der Waals surface area (Å²) in [7, 11) is 3.11. The van der Waals surface area contributed by atoms with Crippen LogP contribution in [0.3, 0.4) is 0 Å². The molecule has 0 unspecified atom stereocenters. The number of anilines is 1. The first-order chi connectivity index (χ1) is 13.7. The molecule has 1 aromatic heterocycles. The summed E-state index contributed by atoms with van der Waals surface area (Å²) in [6.07, 6.45) is -4.05. The lowest BCUT2D eigenvalue weighted by Gasteiger charge is -2.14. The second kappa shape index (κ2) is 8.14. The van der Waals surface area contributed by atoms with Crippen molar-refractivity contribution in [3.8, 4) is 11.5 Å². The number of rotatable bonds is 6. The van der Waals surface area contributed by atoms with Crippen molar-refractivity contribution in [2.75, 3.05) is 26.1 Å². The molecule has 3 rings (SSSR count). The number of fused-ring (bicyclic) bond motifs is 1. The van der Waals surface area contributed by atoms with Gasteiger partial charge < -0.3 is 14.8 Å². The Morgan fingerprint density at radius 1 is 0.966 bits per heavy atom. The molecule has 29 heavy (non-hydrogen) atoms. The first-order valence-electron chi connectivity index (χ1n) is 9.04. The van der Waals surface area contributed by atoms with Crippen LogP contribution in [0.5, 0.6) is 11.5 Å². The number of alkyl halides is 3. The molecule has 0 saturated carbocycles. The minimum absolute atomic E-state index is 0.176. The zero-order valence-electron chi connectivity index (χ0n) is 16.6. The van der Waals surface area contributed by atoms with E-state index < -0.39 is 12.0 Å². The van der Waals surface area contributed by atoms with Gasteiger partial charge in [0.25, 0.3) is 0 Å². The number of benzene rings is 2. The van der Waals surface area contributed by atoms with Gasteiger partial charge >= 0.3 is 6.18 Å². The van der Waals surface area contributed by atoms with Crippen LogP contribution in [-0.4, -0.2) is 30.7 Å². The van der Waals surface area contributed by atoms with Crippen molar-refractivity contribution in [1.82, 2.24) is 9.97 Å². The molecule has 0 saturated heterocycles. The Hall–Kier alpha value is -3.03. The van der Waals surface area contributed by atoms with E-state index in [1.807, 2.05) is 25.1 Å². The molecule has 0 amide bonds. The molecule has 5 nitrogen and oxygen atoms in total. The number of nitrogens with one attached hydrogen (secondary N) is 1. The number of hydrogen-bond donors (Lipinski definition) is 1. The molecule has 0 aliphatic carbocycles. The first-order valence-corrected chi connectivity index (χ1v) is 9.04. The van der Waals surface area contributed by atoms with E-state index >= 15 is 0 Å². The van der Waals surface area contributed by atoms with Gasteiger partial charge in [0.2, 0.25) is 5.82 Å². The second-order valence-electron chi connectivity index (χ2n) is 6.74. The fourth-order valence-electron chi connectivity index (χ4n) is 3.21. The number of aryl methyl sites for hydroxylation is 2. The number of aromatic nitrogens is 2. The van der Waals surface area contributed by atoms with E-state index in [2.05, 4.69) is 15.3 Å². The fourth-order valence-corrected chi connectivity index (χ4v) is 3.21. The second-order valence-corrected chi connectivity index (χ2v) is 6.74. The van der Waals surface area contributed by atoms with E-state index in [-0.39, 0.29) is 5.82 Å². The lowest BCUT2D eigenvalue weighted by atomic mass is 10.1. The molecule has 0 radical (unpaired) electrons. The van der Waals surface area contributed by atoms with Gasteiger partial charge in [0.1, 0.15) is 5.82 Å². The summed E-state index contributed by atoms with van der Waals surface area (Å²) in [5.74, 6) is 0.245. The normalized spacial score (nSPS) is 11.6. The quantitative estimate of drug-likeness (QED) is 0.630. The maximum atomic E-state index is 13.3. The summed E-state index contributed by atoms with van der Waals surface area (Å²) < 4.78 is 50.3. The van der Waals surface area contributed by atoms with Crippen LogP contribution in [0.2, 0.25) is 0 Å². The molecule has 8 heteroatoms. The summed E-state index contributed by atoms with van der Waals surface area (Å²) >= 11 is 0. The van der Waals surface area contributed by atoms with Gasteiger partial charge in [-0.1, -0.05) is 12.1 Å². The Labute approximate surface area is 166 Å². The molecule has 1 N–H and O–H groups in total. The van der Waals surface area contributed by atoms with Crippen molar-refractivity contribution in [1.29, 1.82) is 0 Å². The van der Waals surface area contributed by atoms with Crippen LogP contribution in [-0.2, 0) is 12.6 Å². The monoisotopic (exact) mass is 405 g/mol. The van der Waals surface area contributed by atoms with Crippen LogP contribution in [0.1, 0.15) is 22.5 Å². The van der Waals surface area contributed by atoms with Gasteiger partial charge in [0, 0.05) is 11.9 Å². The largest absolute Gasteiger partial charge is 0.493 e. The van der Waals surface area contributed by atoms with E-state index in [1.54, 1.807) is 33.3 Å². The average Bonchev–Trinajstić information content (AvgIpc) is 2.67. The summed E-state index contributed by atoms with van der Waals surface area (Å²) in [6.45, 7) is 4.03. The zero-order valence-corrected chi connectivity index (χ0v) is 16.6. The maximum Gasteiger partial charge on any atom is 0.451 e. The van der Waals surface area contributed by atoms with Gasteiger partial charge in [-0.15, -0.1) is 0 Å². The van der Waals surface area contributed by atoms with E-state index in [1.165, 1.54) is 0 Å². The standard InChI is InChI=1S/C21H22F3N3O2/c1-12-9-13(2)18-15(10-12)19(27-20(26-18)21(22,23)24)25-8-7-14-5-6-16(28-3)17(11-14)29-4/h5-6,9-11H,7-8H2,1-4H3,(H,25,26,27). The predicted molar refractivity (Wildman–Crippen MR) is 106 cm³/mol. The Kier molecular flexibility index (Phi) is 5.81. The number of nitrogens with zero attached hydrogens (tertiary/aromatic N) is 2. The molecule has 0 aliphatic rings.